The average molecular weight is 282 g/mol. The second kappa shape index (κ2) is 7.22. The van der Waals surface area contributed by atoms with Crippen LogP contribution in [0.3, 0.4) is 0 Å². The summed E-state index contributed by atoms with van der Waals surface area (Å²) in [5.74, 6) is -1.60. The monoisotopic (exact) mass is 282 g/mol. The Labute approximate surface area is 119 Å². The van der Waals surface area contributed by atoms with Gasteiger partial charge in [0.05, 0.1) is 6.20 Å². The molecule has 0 saturated heterocycles. The van der Waals surface area contributed by atoms with Gasteiger partial charge < -0.3 is 10.4 Å². The zero-order valence-corrected chi connectivity index (χ0v) is 12.4. The van der Waals surface area contributed by atoms with E-state index in [-0.39, 0.29) is 16.8 Å². The summed E-state index contributed by atoms with van der Waals surface area (Å²) < 4.78 is 13.0. The lowest BCUT2D eigenvalue weighted by Gasteiger charge is -2.25. The molecule has 20 heavy (non-hydrogen) atoms. The molecule has 0 atom stereocenters. The van der Waals surface area contributed by atoms with Crippen molar-refractivity contribution in [2.75, 3.05) is 11.9 Å². The largest absolute Gasteiger partial charge is 0.478 e. The number of unbranched alkanes of at least 4 members (excludes halogenated alkanes) is 2. The Kier molecular flexibility index (Phi) is 5.92. The molecule has 112 valence electrons. The number of carboxylic acid groups (broad SMARTS) is 1. The van der Waals surface area contributed by atoms with Gasteiger partial charge in [0.15, 0.2) is 0 Å². The minimum atomic E-state index is -1.18. The highest BCUT2D eigenvalue weighted by molar-refractivity contribution is 5.93. The first-order chi connectivity index (χ1) is 9.35. The molecule has 5 heteroatoms. The maximum Gasteiger partial charge on any atom is 0.339 e. The van der Waals surface area contributed by atoms with Crippen molar-refractivity contribution in [1.82, 2.24) is 4.98 Å². The third-order valence-electron chi connectivity index (χ3n) is 3.28. The Morgan fingerprint density at radius 2 is 2.15 bits per heavy atom. The van der Waals surface area contributed by atoms with E-state index < -0.39 is 11.8 Å². The molecule has 1 aromatic rings. The van der Waals surface area contributed by atoms with E-state index in [1.807, 2.05) is 0 Å². The van der Waals surface area contributed by atoms with Gasteiger partial charge in [0, 0.05) is 6.54 Å². The summed E-state index contributed by atoms with van der Waals surface area (Å²) in [5.41, 5.74) is -0.0876. The number of carbonyl (C=O) groups is 1. The molecule has 4 nitrogen and oxygen atoms in total. The maximum absolute atomic E-state index is 13.0. The molecule has 1 aromatic heterocycles. The van der Waals surface area contributed by atoms with Crippen molar-refractivity contribution in [2.45, 2.75) is 46.5 Å². The molecule has 0 saturated carbocycles. The molecule has 2 N–H and O–H groups in total. The quantitative estimate of drug-likeness (QED) is 0.709. The van der Waals surface area contributed by atoms with Gasteiger partial charge in [-0.25, -0.2) is 14.2 Å². The fourth-order valence-electron chi connectivity index (χ4n) is 2.01. The molecule has 0 unspecified atom stereocenters. The molecule has 0 aromatic carbocycles. The number of nitrogens with one attached hydrogen (secondary N) is 1. The molecule has 0 aliphatic carbocycles. The molecular formula is C15H23FN2O2. The Hall–Kier alpha value is -1.65. The summed E-state index contributed by atoms with van der Waals surface area (Å²) in [7, 11) is 0. The normalized spacial score (nSPS) is 11.4. The van der Waals surface area contributed by atoms with Gasteiger partial charge in [0.2, 0.25) is 0 Å². The number of aromatic carboxylic acids is 1. The van der Waals surface area contributed by atoms with Crippen LogP contribution in [-0.2, 0) is 0 Å². The predicted octanol–water partition coefficient (Wildman–Crippen LogP) is 3.94. The predicted molar refractivity (Wildman–Crippen MR) is 77.6 cm³/mol. The molecule has 0 amide bonds. The van der Waals surface area contributed by atoms with Gasteiger partial charge >= 0.3 is 5.97 Å². The van der Waals surface area contributed by atoms with E-state index in [1.54, 1.807) is 0 Å². The second-order valence-electron chi connectivity index (χ2n) is 5.83. The minimum absolute atomic E-state index is 0.0427. The maximum atomic E-state index is 13.0. The molecule has 0 spiro atoms. The number of nitrogens with zero attached hydrogens (tertiary/aromatic N) is 1. The van der Waals surface area contributed by atoms with Gasteiger partial charge in [-0.15, -0.1) is 0 Å². The van der Waals surface area contributed by atoms with Crippen molar-refractivity contribution in [3.63, 3.8) is 0 Å². The average Bonchev–Trinajstić information content (AvgIpc) is 2.37. The molecule has 0 aliphatic rings. The third kappa shape index (κ3) is 5.15. The van der Waals surface area contributed by atoms with Crippen LogP contribution < -0.4 is 5.32 Å². The van der Waals surface area contributed by atoms with Crippen LogP contribution in [0.2, 0.25) is 0 Å². The highest BCUT2D eigenvalue weighted by Gasteiger charge is 2.19. The summed E-state index contributed by atoms with van der Waals surface area (Å²) in [5, 5.41) is 12.1. The van der Waals surface area contributed by atoms with Crippen LogP contribution in [0.15, 0.2) is 12.3 Å². The van der Waals surface area contributed by atoms with E-state index >= 15 is 0 Å². The zero-order chi connectivity index (χ0) is 15.2. The van der Waals surface area contributed by atoms with Crippen molar-refractivity contribution < 1.29 is 14.3 Å². The van der Waals surface area contributed by atoms with Crippen molar-refractivity contribution >= 4 is 11.8 Å². The SMILES string of the molecule is CCCCCC(C)(C)CNc1ncc(F)cc1C(=O)O. The number of anilines is 1. The van der Waals surface area contributed by atoms with E-state index in [2.05, 4.69) is 31.1 Å². The Morgan fingerprint density at radius 3 is 2.75 bits per heavy atom. The Bertz CT molecular complexity index is 461. The number of carboxylic acids is 1. The second-order valence-corrected chi connectivity index (χ2v) is 5.83. The van der Waals surface area contributed by atoms with Crippen LogP contribution in [0, 0.1) is 11.2 Å². The first kappa shape index (κ1) is 16.4. The molecule has 0 aliphatic heterocycles. The van der Waals surface area contributed by atoms with Gasteiger partial charge in [-0.3, -0.25) is 0 Å². The van der Waals surface area contributed by atoms with Crippen LogP contribution in [0.4, 0.5) is 10.2 Å². The third-order valence-corrected chi connectivity index (χ3v) is 3.28. The van der Waals surface area contributed by atoms with Crippen LogP contribution >= 0.6 is 0 Å². The lowest BCUT2D eigenvalue weighted by Crippen LogP contribution is -2.24. The van der Waals surface area contributed by atoms with E-state index in [0.717, 1.165) is 25.1 Å². The van der Waals surface area contributed by atoms with Crippen molar-refractivity contribution in [1.29, 1.82) is 0 Å². The van der Waals surface area contributed by atoms with Crippen molar-refractivity contribution in [2.24, 2.45) is 5.41 Å². The smallest absolute Gasteiger partial charge is 0.339 e. The first-order valence-corrected chi connectivity index (χ1v) is 6.98. The van der Waals surface area contributed by atoms with Crippen molar-refractivity contribution in [3.8, 4) is 0 Å². The standard InChI is InChI=1S/C15H23FN2O2/c1-4-5-6-7-15(2,3)10-18-13-12(14(19)20)8-11(16)9-17-13/h8-9H,4-7,10H2,1-3H3,(H,17,18)(H,19,20). The van der Waals surface area contributed by atoms with Crippen molar-refractivity contribution in [3.05, 3.63) is 23.6 Å². The van der Waals surface area contributed by atoms with E-state index in [4.69, 9.17) is 5.11 Å². The molecule has 0 radical (unpaired) electrons. The zero-order valence-electron chi connectivity index (χ0n) is 12.4. The Balaban J connectivity index is 2.67. The molecule has 0 fully saturated rings. The fourth-order valence-corrected chi connectivity index (χ4v) is 2.01. The number of hydrogen-bond acceptors (Lipinski definition) is 3. The fraction of sp³-hybridized carbons (Fsp3) is 0.600. The summed E-state index contributed by atoms with van der Waals surface area (Å²) >= 11 is 0. The summed E-state index contributed by atoms with van der Waals surface area (Å²) in [6.45, 7) is 7.02. The number of pyridine rings is 1. The van der Waals surface area contributed by atoms with E-state index in [9.17, 15) is 9.18 Å². The van der Waals surface area contributed by atoms with Crippen LogP contribution in [0.5, 0.6) is 0 Å². The molecular weight excluding hydrogens is 259 g/mol. The van der Waals surface area contributed by atoms with Gasteiger partial charge in [0.1, 0.15) is 17.2 Å². The Morgan fingerprint density at radius 1 is 1.45 bits per heavy atom. The number of rotatable bonds is 8. The molecule has 1 heterocycles. The number of halogens is 1. The van der Waals surface area contributed by atoms with Gasteiger partial charge in [-0.2, -0.15) is 0 Å². The van der Waals surface area contributed by atoms with Crippen LogP contribution in [0.25, 0.3) is 0 Å². The molecule has 0 bridgehead atoms. The van der Waals surface area contributed by atoms with Gasteiger partial charge in [0.25, 0.3) is 0 Å². The van der Waals surface area contributed by atoms with Crippen LogP contribution in [-0.4, -0.2) is 22.6 Å². The lowest BCUT2D eigenvalue weighted by atomic mass is 9.87. The van der Waals surface area contributed by atoms with Gasteiger partial charge in [-0.1, -0.05) is 40.0 Å². The highest BCUT2D eigenvalue weighted by Crippen LogP contribution is 2.25. The minimum Gasteiger partial charge on any atom is -0.478 e. The summed E-state index contributed by atoms with van der Waals surface area (Å²) in [4.78, 5) is 14.9. The topological polar surface area (TPSA) is 62.2 Å². The van der Waals surface area contributed by atoms with Crippen LogP contribution in [0.1, 0.15) is 56.8 Å². The first-order valence-electron chi connectivity index (χ1n) is 6.98. The number of aromatic nitrogens is 1. The molecule has 1 rings (SSSR count). The van der Waals surface area contributed by atoms with E-state index in [0.29, 0.717) is 6.54 Å². The van der Waals surface area contributed by atoms with Gasteiger partial charge in [-0.05, 0) is 17.9 Å². The lowest BCUT2D eigenvalue weighted by molar-refractivity contribution is 0.0697. The van der Waals surface area contributed by atoms with E-state index in [1.165, 1.54) is 12.8 Å². The summed E-state index contributed by atoms with van der Waals surface area (Å²) in [6, 6.07) is 0.988. The summed E-state index contributed by atoms with van der Waals surface area (Å²) in [6.07, 6.45) is 5.59. The highest BCUT2D eigenvalue weighted by atomic mass is 19.1. The number of hydrogen-bond donors (Lipinski definition) is 2.